The second kappa shape index (κ2) is 10.6. The van der Waals surface area contributed by atoms with E-state index >= 15 is 0 Å². The molecule has 168 valence electrons. The zero-order chi connectivity index (χ0) is 23.9. The Morgan fingerprint density at radius 3 is 2.31 bits per heavy atom. The summed E-state index contributed by atoms with van der Waals surface area (Å²) in [5.74, 6) is -1.46. The first-order valence-corrected chi connectivity index (χ1v) is 9.99. The number of allylic oxidation sites excluding steroid dienone is 4. The fraction of sp³-hybridized carbons (Fsp3) is 0.160. The van der Waals surface area contributed by atoms with Crippen molar-refractivity contribution in [3.63, 3.8) is 0 Å². The number of carbonyl (C=O) groups is 1. The van der Waals surface area contributed by atoms with E-state index in [0.29, 0.717) is 11.1 Å². The molecule has 0 bridgehead atoms. The van der Waals surface area contributed by atoms with E-state index in [1.165, 1.54) is 24.3 Å². The molecule has 1 aliphatic heterocycles. The van der Waals surface area contributed by atoms with Crippen molar-refractivity contribution in [2.75, 3.05) is 5.32 Å². The number of carbonyl (C=O) groups excluding carboxylic acids is 1. The van der Waals surface area contributed by atoms with Crippen LogP contribution in [-0.4, -0.2) is 10.8 Å². The average molecular weight is 444 g/mol. The van der Waals surface area contributed by atoms with Gasteiger partial charge in [0.15, 0.2) is 0 Å². The summed E-state index contributed by atoms with van der Waals surface area (Å²) in [5, 5.41) is 2.39. The number of rotatable bonds is 4. The summed E-state index contributed by atoms with van der Waals surface area (Å²) in [4.78, 5) is 14.4. The first kappa shape index (κ1) is 24.7. The van der Waals surface area contributed by atoms with Gasteiger partial charge in [-0.25, -0.2) is 4.39 Å². The normalized spacial score (nSPS) is 14.4. The standard InChI is InChI=1S/C23H18F4N2O.C2H6/c1-3-21-18(6-5-13-29(21)4-2)15-7-12-20(23(25,26)27)19(14-15)22(30)28-17-10-8-16(24)9-11-17;1-2/h3-14H,2H2,1H3,(H,28,30);1-2H3/b21-3-;. The fourth-order valence-electron chi connectivity index (χ4n) is 3.12. The Bertz CT molecular complexity index is 1060. The molecule has 0 atom stereocenters. The smallest absolute Gasteiger partial charge is 0.324 e. The molecule has 7 heteroatoms. The van der Waals surface area contributed by atoms with Crippen molar-refractivity contribution in [2.45, 2.75) is 26.9 Å². The highest BCUT2D eigenvalue weighted by molar-refractivity contribution is 6.06. The Hall–Kier alpha value is -3.61. The number of nitrogens with zero attached hydrogens (tertiary/aromatic N) is 1. The molecular formula is C25H24F4N2O. The zero-order valence-electron chi connectivity index (χ0n) is 18.0. The molecule has 0 aromatic heterocycles. The predicted octanol–water partition coefficient (Wildman–Crippen LogP) is 7.38. The zero-order valence-corrected chi connectivity index (χ0v) is 18.0. The number of hydrogen-bond donors (Lipinski definition) is 1. The molecule has 0 fully saturated rings. The summed E-state index contributed by atoms with van der Waals surface area (Å²) < 4.78 is 53.7. The average Bonchev–Trinajstić information content (AvgIpc) is 2.80. The van der Waals surface area contributed by atoms with Crippen molar-refractivity contribution in [1.29, 1.82) is 0 Å². The lowest BCUT2D eigenvalue weighted by molar-refractivity contribution is -0.137. The van der Waals surface area contributed by atoms with Gasteiger partial charge in [0.25, 0.3) is 5.91 Å². The van der Waals surface area contributed by atoms with E-state index in [4.69, 9.17) is 0 Å². The SMILES string of the molecule is C=CN1C=CC=C(c2ccc(C(F)(F)F)c(C(=O)Nc3ccc(F)cc3)c2)/C1=C/C.CC. The number of benzene rings is 2. The van der Waals surface area contributed by atoms with Crippen molar-refractivity contribution in [2.24, 2.45) is 0 Å². The maximum atomic E-state index is 13.5. The lowest BCUT2D eigenvalue weighted by Crippen LogP contribution is -2.20. The van der Waals surface area contributed by atoms with Gasteiger partial charge in [-0.05, 0) is 55.0 Å². The van der Waals surface area contributed by atoms with E-state index < -0.39 is 29.0 Å². The van der Waals surface area contributed by atoms with Crippen LogP contribution >= 0.6 is 0 Å². The monoisotopic (exact) mass is 444 g/mol. The Labute approximate surface area is 185 Å². The van der Waals surface area contributed by atoms with Crippen LogP contribution in [-0.2, 0) is 6.18 Å². The van der Waals surface area contributed by atoms with Gasteiger partial charge in [-0.2, -0.15) is 13.2 Å². The summed E-state index contributed by atoms with van der Waals surface area (Å²) >= 11 is 0. The van der Waals surface area contributed by atoms with Crippen LogP contribution in [0.25, 0.3) is 5.57 Å². The summed E-state index contributed by atoms with van der Waals surface area (Å²) in [6, 6.07) is 8.19. The molecule has 2 aromatic rings. The van der Waals surface area contributed by atoms with Crippen LogP contribution in [0.1, 0.15) is 42.3 Å². The molecular weight excluding hydrogens is 420 g/mol. The van der Waals surface area contributed by atoms with Crippen LogP contribution in [0.5, 0.6) is 0 Å². The van der Waals surface area contributed by atoms with Gasteiger partial charge < -0.3 is 10.2 Å². The van der Waals surface area contributed by atoms with Gasteiger partial charge >= 0.3 is 6.18 Å². The summed E-state index contributed by atoms with van der Waals surface area (Å²) in [7, 11) is 0. The molecule has 1 N–H and O–H groups in total. The van der Waals surface area contributed by atoms with Gasteiger partial charge in [-0.1, -0.05) is 38.6 Å². The van der Waals surface area contributed by atoms with Crippen LogP contribution in [0.2, 0.25) is 0 Å². The molecule has 0 radical (unpaired) electrons. The predicted molar refractivity (Wildman–Crippen MR) is 120 cm³/mol. The molecule has 0 saturated heterocycles. The van der Waals surface area contributed by atoms with E-state index in [-0.39, 0.29) is 5.69 Å². The lowest BCUT2D eigenvalue weighted by Gasteiger charge is -2.25. The molecule has 1 aliphatic rings. The molecule has 0 aliphatic carbocycles. The number of anilines is 1. The topological polar surface area (TPSA) is 32.3 Å². The van der Waals surface area contributed by atoms with Crippen molar-refractivity contribution in [1.82, 2.24) is 4.90 Å². The molecule has 3 nitrogen and oxygen atoms in total. The summed E-state index contributed by atoms with van der Waals surface area (Å²) in [6.45, 7) is 9.52. The van der Waals surface area contributed by atoms with Crippen LogP contribution in [0.3, 0.4) is 0 Å². The van der Waals surface area contributed by atoms with Gasteiger partial charge in [0.1, 0.15) is 5.82 Å². The second-order valence-electron chi connectivity index (χ2n) is 6.40. The molecule has 0 spiro atoms. The van der Waals surface area contributed by atoms with Gasteiger partial charge in [-0.15, -0.1) is 0 Å². The Kier molecular flexibility index (Phi) is 8.18. The minimum absolute atomic E-state index is 0.187. The highest BCUT2D eigenvalue weighted by atomic mass is 19.4. The molecule has 3 rings (SSSR count). The Morgan fingerprint density at radius 2 is 1.75 bits per heavy atom. The maximum Gasteiger partial charge on any atom is 0.417 e. The third-order valence-corrected chi connectivity index (χ3v) is 4.52. The van der Waals surface area contributed by atoms with Crippen molar-refractivity contribution in [3.8, 4) is 0 Å². The number of amides is 1. The van der Waals surface area contributed by atoms with Crippen LogP contribution in [0.4, 0.5) is 23.2 Å². The minimum Gasteiger partial charge on any atom is -0.324 e. The van der Waals surface area contributed by atoms with E-state index in [1.54, 1.807) is 42.5 Å². The van der Waals surface area contributed by atoms with E-state index in [1.807, 2.05) is 13.8 Å². The third-order valence-electron chi connectivity index (χ3n) is 4.52. The maximum absolute atomic E-state index is 13.5. The van der Waals surface area contributed by atoms with Gasteiger partial charge in [0.05, 0.1) is 11.1 Å². The Morgan fingerprint density at radius 1 is 1.09 bits per heavy atom. The first-order chi connectivity index (χ1) is 15.2. The third kappa shape index (κ3) is 5.55. The summed E-state index contributed by atoms with van der Waals surface area (Å²) in [5.41, 5.74) is 0.408. The second-order valence-corrected chi connectivity index (χ2v) is 6.40. The molecule has 0 saturated carbocycles. The molecule has 0 unspecified atom stereocenters. The minimum atomic E-state index is -4.72. The molecule has 32 heavy (non-hydrogen) atoms. The van der Waals surface area contributed by atoms with Gasteiger partial charge in [0, 0.05) is 29.4 Å². The van der Waals surface area contributed by atoms with Crippen molar-refractivity contribution < 1.29 is 22.4 Å². The fourth-order valence-corrected chi connectivity index (χ4v) is 3.12. The Balaban J connectivity index is 0.00000176. The largest absolute Gasteiger partial charge is 0.417 e. The number of halogens is 4. The van der Waals surface area contributed by atoms with Crippen molar-refractivity contribution in [3.05, 3.63) is 108 Å². The first-order valence-electron chi connectivity index (χ1n) is 9.99. The van der Waals surface area contributed by atoms with E-state index in [0.717, 1.165) is 23.9 Å². The number of nitrogens with one attached hydrogen (secondary N) is 1. The highest BCUT2D eigenvalue weighted by Crippen LogP contribution is 2.36. The highest BCUT2D eigenvalue weighted by Gasteiger charge is 2.35. The van der Waals surface area contributed by atoms with Crippen LogP contribution < -0.4 is 5.32 Å². The molecule has 1 amide bonds. The van der Waals surface area contributed by atoms with Crippen LogP contribution in [0, 0.1) is 5.82 Å². The van der Waals surface area contributed by atoms with Crippen LogP contribution in [0.15, 0.2) is 85.4 Å². The lowest BCUT2D eigenvalue weighted by atomic mass is 9.94. The molecule has 2 aromatic carbocycles. The number of alkyl halides is 3. The van der Waals surface area contributed by atoms with E-state index in [9.17, 15) is 22.4 Å². The van der Waals surface area contributed by atoms with Crippen molar-refractivity contribution >= 4 is 17.2 Å². The van der Waals surface area contributed by atoms with E-state index in [2.05, 4.69) is 11.9 Å². The molecule has 1 heterocycles. The number of hydrogen-bond acceptors (Lipinski definition) is 2. The van der Waals surface area contributed by atoms with Gasteiger partial charge in [-0.3, -0.25) is 4.79 Å². The quantitative estimate of drug-likeness (QED) is 0.499. The van der Waals surface area contributed by atoms with Gasteiger partial charge in [0.2, 0.25) is 0 Å². The summed E-state index contributed by atoms with van der Waals surface area (Å²) in [6.07, 6.45) is 3.90.